The van der Waals surface area contributed by atoms with Crippen molar-refractivity contribution in [1.82, 2.24) is 5.43 Å². The van der Waals surface area contributed by atoms with Crippen molar-refractivity contribution < 1.29 is 28.5 Å². The number of nitrogens with zero attached hydrogens (tertiary/aromatic N) is 1. The van der Waals surface area contributed by atoms with E-state index in [0.29, 0.717) is 34.8 Å². The van der Waals surface area contributed by atoms with Crippen molar-refractivity contribution in [3.63, 3.8) is 0 Å². The van der Waals surface area contributed by atoms with Crippen molar-refractivity contribution in [2.24, 2.45) is 5.10 Å². The largest absolute Gasteiger partial charge is 0.497 e. The number of fused-ring (bicyclic) bond motifs is 1. The van der Waals surface area contributed by atoms with Crippen LogP contribution in [-0.4, -0.2) is 38.4 Å². The lowest BCUT2D eigenvalue weighted by molar-refractivity contribution is -0.128. The van der Waals surface area contributed by atoms with Gasteiger partial charge in [-0.3, -0.25) is 4.79 Å². The predicted octanol–water partition coefficient (Wildman–Crippen LogP) is 6.15. The number of ether oxygens (including phenoxy) is 4. The number of methoxy groups -OCH3 is 2. The van der Waals surface area contributed by atoms with E-state index in [1.54, 1.807) is 49.6 Å². The van der Waals surface area contributed by atoms with E-state index < -0.39 is 12.1 Å². The van der Waals surface area contributed by atoms with Crippen LogP contribution < -0.4 is 24.4 Å². The molecule has 0 spiro atoms. The van der Waals surface area contributed by atoms with Crippen LogP contribution in [0, 0.1) is 0 Å². The third-order valence-corrected chi connectivity index (χ3v) is 6.68. The molecule has 1 atom stereocenters. The number of nitrogens with one attached hydrogen (secondary N) is 1. The van der Waals surface area contributed by atoms with E-state index in [-0.39, 0.29) is 11.7 Å². The maximum atomic E-state index is 12.8. The van der Waals surface area contributed by atoms with Crippen LogP contribution >= 0.6 is 15.9 Å². The monoisotopic (exact) mass is 590 g/mol. The first-order valence-electron chi connectivity index (χ1n) is 12.1. The van der Waals surface area contributed by atoms with Gasteiger partial charge in [-0.2, -0.15) is 5.10 Å². The molecule has 0 saturated heterocycles. The molecule has 4 rings (SSSR count). The molecule has 4 aromatic carbocycles. The smallest absolute Gasteiger partial charge is 0.343 e. The Bertz CT molecular complexity index is 1500. The van der Waals surface area contributed by atoms with Gasteiger partial charge < -0.3 is 18.9 Å². The lowest BCUT2D eigenvalue weighted by Crippen LogP contribution is -2.35. The fourth-order valence-electron chi connectivity index (χ4n) is 3.76. The number of hydrogen-bond acceptors (Lipinski definition) is 7. The van der Waals surface area contributed by atoms with Crippen molar-refractivity contribution in [3.8, 4) is 23.0 Å². The normalized spacial score (nSPS) is 11.7. The zero-order chi connectivity index (χ0) is 27.8. The summed E-state index contributed by atoms with van der Waals surface area (Å²) in [6.45, 7) is 1.86. The van der Waals surface area contributed by atoms with Crippen LogP contribution in [0.4, 0.5) is 0 Å². The molecule has 0 aliphatic heterocycles. The topological polar surface area (TPSA) is 95.5 Å². The van der Waals surface area contributed by atoms with Gasteiger partial charge >= 0.3 is 5.97 Å². The number of amides is 1. The van der Waals surface area contributed by atoms with Crippen molar-refractivity contribution in [1.29, 1.82) is 0 Å². The molecule has 0 aromatic heterocycles. The van der Waals surface area contributed by atoms with E-state index >= 15 is 0 Å². The second kappa shape index (κ2) is 12.9. The average Bonchev–Trinajstić information content (AvgIpc) is 2.97. The molecule has 0 aliphatic carbocycles. The number of halogens is 1. The zero-order valence-corrected chi connectivity index (χ0v) is 23.2. The molecular formula is C30H27BrN2O6. The fraction of sp³-hybridized carbons (Fsp3) is 0.167. The number of benzene rings is 4. The van der Waals surface area contributed by atoms with Gasteiger partial charge in [0.15, 0.2) is 17.6 Å². The first-order chi connectivity index (χ1) is 18.9. The third-order valence-electron chi connectivity index (χ3n) is 5.86. The Hall–Kier alpha value is -4.37. The Morgan fingerprint density at radius 3 is 2.38 bits per heavy atom. The minimum atomic E-state index is -0.742. The third kappa shape index (κ3) is 6.74. The zero-order valence-electron chi connectivity index (χ0n) is 21.6. The quantitative estimate of drug-likeness (QED) is 0.103. The van der Waals surface area contributed by atoms with Gasteiger partial charge in [-0.15, -0.1) is 0 Å². The molecule has 9 heteroatoms. The summed E-state index contributed by atoms with van der Waals surface area (Å²) in [6, 6.07) is 23.2. The van der Waals surface area contributed by atoms with Gasteiger partial charge in [0.1, 0.15) is 11.5 Å². The molecule has 39 heavy (non-hydrogen) atoms. The van der Waals surface area contributed by atoms with Crippen LogP contribution in [0.3, 0.4) is 0 Å². The Balaban J connectivity index is 1.39. The van der Waals surface area contributed by atoms with Gasteiger partial charge in [-0.1, -0.05) is 37.3 Å². The molecule has 1 N–H and O–H groups in total. The summed E-state index contributed by atoms with van der Waals surface area (Å²) in [4.78, 5) is 25.3. The number of carbonyl (C=O) groups is 2. The van der Waals surface area contributed by atoms with Gasteiger partial charge in [0.2, 0.25) is 0 Å². The highest BCUT2D eigenvalue weighted by Crippen LogP contribution is 2.34. The van der Waals surface area contributed by atoms with Gasteiger partial charge in [-0.05, 0) is 87.2 Å². The van der Waals surface area contributed by atoms with E-state index in [0.717, 1.165) is 15.2 Å². The van der Waals surface area contributed by atoms with Crippen LogP contribution in [0.5, 0.6) is 23.0 Å². The van der Waals surface area contributed by atoms with E-state index in [9.17, 15) is 9.59 Å². The SMILES string of the molecule is CC[C@@H](Oc1ccc2ccccc2c1Br)C(=O)N/N=C\c1ccc(OC(=O)c2ccc(OC)cc2)c(OC)c1. The Kier molecular flexibility index (Phi) is 9.17. The van der Waals surface area contributed by atoms with Gasteiger partial charge in [-0.25, -0.2) is 10.2 Å². The molecule has 8 nitrogen and oxygen atoms in total. The standard InChI is InChI=1S/C30H27BrN2O6/c1-4-24(38-26-16-12-20-7-5-6-8-23(20)28(26)31)29(34)33-32-18-19-9-15-25(27(17-19)37-3)39-30(35)21-10-13-22(36-2)14-11-21/h5-18,24H,4H2,1-3H3,(H,33,34)/b32-18-/t24-/m1/s1. The summed E-state index contributed by atoms with van der Waals surface area (Å²) in [5, 5.41) is 6.12. The van der Waals surface area contributed by atoms with E-state index in [4.69, 9.17) is 18.9 Å². The van der Waals surface area contributed by atoms with Gasteiger partial charge in [0, 0.05) is 0 Å². The predicted molar refractivity (Wildman–Crippen MR) is 153 cm³/mol. The molecule has 0 saturated carbocycles. The number of rotatable bonds is 10. The molecule has 1 amide bonds. The second-order valence-corrected chi connectivity index (χ2v) is 9.17. The maximum absolute atomic E-state index is 12.8. The molecule has 0 bridgehead atoms. The molecular weight excluding hydrogens is 564 g/mol. The minimum Gasteiger partial charge on any atom is -0.497 e. The number of hydrazone groups is 1. The molecule has 200 valence electrons. The molecule has 0 radical (unpaired) electrons. The Morgan fingerprint density at radius 2 is 1.67 bits per heavy atom. The van der Waals surface area contributed by atoms with Crippen LogP contribution in [0.25, 0.3) is 10.8 Å². The summed E-state index contributed by atoms with van der Waals surface area (Å²) in [5.74, 6) is 0.879. The highest BCUT2D eigenvalue weighted by Gasteiger charge is 2.20. The number of esters is 1. The lowest BCUT2D eigenvalue weighted by Gasteiger charge is -2.17. The number of carbonyl (C=O) groups excluding carboxylic acids is 2. The second-order valence-electron chi connectivity index (χ2n) is 8.38. The van der Waals surface area contributed by atoms with Gasteiger partial charge in [0.05, 0.1) is 30.5 Å². The summed E-state index contributed by atoms with van der Waals surface area (Å²) in [7, 11) is 3.02. The molecule has 0 heterocycles. The van der Waals surface area contributed by atoms with Crippen LogP contribution in [0.1, 0.15) is 29.3 Å². The first-order valence-corrected chi connectivity index (χ1v) is 12.9. The fourth-order valence-corrected chi connectivity index (χ4v) is 4.34. The molecule has 0 aliphatic rings. The van der Waals surface area contributed by atoms with Gasteiger partial charge in [0.25, 0.3) is 5.91 Å². The van der Waals surface area contributed by atoms with Crippen LogP contribution in [0.2, 0.25) is 0 Å². The Morgan fingerprint density at radius 1 is 0.923 bits per heavy atom. The number of hydrogen-bond donors (Lipinski definition) is 1. The van der Waals surface area contributed by atoms with Crippen molar-refractivity contribution in [2.75, 3.05) is 14.2 Å². The van der Waals surface area contributed by atoms with Crippen molar-refractivity contribution in [3.05, 3.63) is 94.5 Å². The van der Waals surface area contributed by atoms with Crippen molar-refractivity contribution >= 4 is 44.8 Å². The van der Waals surface area contributed by atoms with E-state index in [1.165, 1.54) is 13.3 Å². The van der Waals surface area contributed by atoms with Crippen LogP contribution in [0.15, 0.2) is 88.4 Å². The summed E-state index contributed by atoms with van der Waals surface area (Å²) in [6.07, 6.45) is 1.17. The average molecular weight is 591 g/mol. The van der Waals surface area contributed by atoms with Crippen LogP contribution in [-0.2, 0) is 4.79 Å². The van der Waals surface area contributed by atoms with E-state index in [1.807, 2.05) is 43.3 Å². The lowest BCUT2D eigenvalue weighted by atomic mass is 10.1. The van der Waals surface area contributed by atoms with Crippen molar-refractivity contribution in [2.45, 2.75) is 19.4 Å². The Labute approximate surface area is 234 Å². The van der Waals surface area contributed by atoms with E-state index in [2.05, 4.69) is 26.5 Å². The summed E-state index contributed by atoms with van der Waals surface area (Å²) >= 11 is 3.59. The minimum absolute atomic E-state index is 0.250. The molecule has 0 unspecified atom stereocenters. The maximum Gasteiger partial charge on any atom is 0.343 e. The first kappa shape index (κ1) is 27.7. The summed E-state index contributed by atoms with van der Waals surface area (Å²) < 4.78 is 22.8. The summed E-state index contributed by atoms with van der Waals surface area (Å²) in [5.41, 5.74) is 3.53. The molecule has 4 aromatic rings. The highest BCUT2D eigenvalue weighted by atomic mass is 79.9. The molecule has 0 fully saturated rings. The highest BCUT2D eigenvalue weighted by molar-refractivity contribution is 9.10.